The fraction of sp³-hybridized carbons (Fsp3) is 0.689. The maximum absolute atomic E-state index is 13.4. The van der Waals surface area contributed by atoms with E-state index >= 15 is 0 Å². The zero-order valence-electron chi connectivity index (χ0n) is 37.3. The second-order valence-electron chi connectivity index (χ2n) is 15.4. The normalized spacial score (nSPS) is 14.1. The molecule has 0 radical (unpaired) electrons. The molecule has 11 nitrogen and oxygen atoms in total. The number of allylic oxidation sites excluding steroid dienone is 2. The number of piperidine rings is 1. The maximum Gasteiger partial charge on any atom is 0.222 e. The average molecular weight is 821 g/mol. The average Bonchev–Trinajstić information content (AvgIpc) is 3.18. The van der Waals surface area contributed by atoms with Crippen LogP contribution in [-0.2, 0) is 25.5 Å². The number of anilines is 1. The Balaban J connectivity index is -0.00000164. The number of primary amides is 2. The van der Waals surface area contributed by atoms with Gasteiger partial charge in [0.05, 0.1) is 5.04 Å². The Labute approximate surface area is 352 Å². The van der Waals surface area contributed by atoms with Gasteiger partial charge in [0.1, 0.15) is 6.10 Å². The molecule has 1 heterocycles. The molecule has 2 rings (SSSR count). The number of nitrogen functional groups attached to an aromatic ring is 1. The summed E-state index contributed by atoms with van der Waals surface area (Å²) >= 11 is 1.44. The summed E-state index contributed by atoms with van der Waals surface area (Å²) in [7, 11) is 1.00. The Morgan fingerprint density at radius 2 is 1.60 bits per heavy atom. The van der Waals surface area contributed by atoms with Crippen LogP contribution in [0.5, 0.6) is 0 Å². The molecular weight excluding hydrogens is 737 g/mol. The number of carbonyl (C=O) groups excluding carboxylic acids is 3. The summed E-state index contributed by atoms with van der Waals surface area (Å²) in [6, 6.07) is 8.15. The molecule has 330 valence electrons. The van der Waals surface area contributed by atoms with Crippen LogP contribution < -0.4 is 22.5 Å². The van der Waals surface area contributed by atoms with Crippen molar-refractivity contribution >= 4 is 41.2 Å². The number of unbranched alkanes of at least 4 members (excludes halogenated alkanes) is 4. The van der Waals surface area contributed by atoms with E-state index in [1.54, 1.807) is 0 Å². The minimum absolute atomic E-state index is 0.00420. The van der Waals surface area contributed by atoms with Crippen LogP contribution >= 0.6 is 11.8 Å². The van der Waals surface area contributed by atoms with Crippen LogP contribution in [0, 0.1) is 28.6 Å². The molecular formula is C45H84N6O5S. The van der Waals surface area contributed by atoms with Crippen molar-refractivity contribution in [2.75, 3.05) is 39.1 Å². The first kappa shape index (κ1) is 58.1. The number of thioether (sulfide) groups is 1. The molecule has 9 N–H and O–H groups in total. The molecule has 1 saturated heterocycles. The first-order chi connectivity index (χ1) is 27.2. The van der Waals surface area contributed by atoms with Crippen molar-refractivity contribution in [2.24, 2.45) is 34.6 Å². The number of ether oxygens (including phenoxy) is 1. The predicted octanol–water partition coefficient (Wildman–Crippen LogP) is 8.49. The minimum Gasteiger partial charge on any atom is -0.400 e. The van der Waals surface area contributed by atoms with Gasteiger partial charge in [0.15, 0.2) is 0 Å². The summed E-state index contributed by atoms with van der Waals surface area (Å²) in [5.41, 5.74) is 16.3. The van der Waals surface area contributed by atoms with Gasteiger partial charge in [-0.2, -0.15) is 0 Å². The Hall–Kier alpha value is -3.19. The fourth-order valence-corrected chi connectivity index (χ4v) is 7.04. The number of carbonyl (C=O) groups is 3. The van der Waals surface area contributed by atoms with Crippen molar-refractivity contribution in [3.05, 3.63) is 54.0 Å². The van der Waals surface area contributed by atoms with Crippen LogP contribution in [0.25, 0.3) is 0 Å². The number of hydrogen-bond donors (Lipinski definition) is 6. The summed E-state index contributed by atoms with van der Waals surface area (Å²) in [4.78, 5) is 32.7. The highest BCUT2D eigenvalue weighted by Crippen LogP contribution is 2.31. The van der Waals surface area contributed by atoms with E-state index < -0.39 is 0 Å². The first-order valence-electron chi connectivity index (χ1n) is 21.0. The van der Waals surface area contributed by atoms with E-state index in [4.69, 9.17) is 30.6 Å². The lowest BCUT2D eigenvalue weighted by molar-refractivity contribution is -0.135. The lowest BCUT2D eigenvalue weighted by atomic mass is 9.80. The van der Waals surface area contributed by atoms with Crippen molar-refractivity contribution in [1.82, 2.24) is 10.2 Å². The third kappa shape index (κ3) is 31.5. The molecule has 0 spiro atoms. The number of benzene rings is 1. The number of hydrogen-bond acceptors (Lipinski definition) is 9. The van der Waals surface area contributed by atoms with Crippen LogP contribution in [0.3, 0.4) is 0 Å². The standard InChI is InChI=1S/C36H61N3O2S.C6H13N.2CH3NO.CH4O/c1-9-13-15-16-23-39(34(40)17-14-10-2)32(28(5)6)26-33(41-12-4)35(38)42-24-22-30(27-36(7,8)11-3)25-29-18-20-31(37)21-19-29;1-6-2-4-7-5-3-6;2*2-1-3;1-2/h11,18-22,24,28,30,32-33,38H,3,9-10,12-17,23,25-27,37H2,1-2,4-8H3;6-7H,2-5H2,1H3;2*1H,(H2,2,3);2H,1H3/b24-22+,38-35?;;;;. The van der Waals surface area contributed by atoms with Crippen molar-refractivity contribution in [2.45, 2.75) is 145 Å². The smallest absolute Gasteiger partial charge is 0.222 e. The predicted molar refractivity (Wildman–Crippen MR) is 245 cm³/mol. The van der Waals surface area contributed by atoms with Crippen LogP contribution in [0.1, 0.15) is 132 Å². The van der Waals surface area contributed by atoms with E-state index in [1.807, 2.05) is 25.1 Å². The second kappa shape index (κ2) is 38.3. The Bertz CT molecular complexity index is 1170. The molecule has 3 atom stereocenters. The number of nitrogens with one attached hydrogen (secondary N) is 2. The number of amides is 3. The molecule has 1 aromatic rings. The molecule has 1 aromatic carbocycles. The molecule has 0 aliphatic carbocycles. The highest BCUT2D eigenvalue weighted by molar-refractivity contribution is 8.16. The Morgan fingerprint density at radius 3 is 2.05 bits per heavy atom. The first-order valence-corrected chi connectivity index (χ1v) is 21.8. The van der Waals surface area contributed by atoms with Gasteiger partial charge >= 0.3 is 0 Å². The number of aliphatic hydroxyl groups is 1. The largest absolute Gasteiger partial charge is 0.400 e. The highest BCUT2D eigenvalue weighted by atomic mass is 32.2. The van der Waals surface area contributed by atoms with E-state index in [0.29, 0.717) is 30.4 Å². The summed E-state index contributed by atoms with van der Waals surface area (Å²) in [6.07, 6.45) is 16.8. The summed E-state index contributed by atoms with van der Waals surface area (Å²) in [5.74, 6) is 1.80. The van der Waals surface area contributed by atoms with Gasteiger partial charge in [0, 0.05) is 44.8 Å². The van der Waals surface area contributed by atoms with Crippen LogP contribution in [0.2, 0.25) is 0 Å². The fourth-order valence-electron chi connectivity index (χ4n) is 6.28. The third-order valence-corrected chi connectivity index (χ3v) is 10.4. The van der Waals surface area contributed by atoms with Crippen molar-refractivity contribution in [1.29, 1.82) is 5.41 Å². The van der Waals surface area contributed by atoms with Gasteiger partial charge in [-0.3, -0.25) is 19.8 Å². The van der Waals surface area contributed by atoms with Gasteiger partial charge in [0.2, 0.25) is 18.7 Å². The molecule has 12 heteroatoms. The summed E-state index contributed by atoms with van der Waals surface area (Å²) in [5, 5.41) is 21.9. The highest BCUT2D eigenvalue weighted by Gasteiger charge is 2.30. The second-order valence-corrected chi connectivity index (χ2v) is 16.3. The molecule has 1 aliphatic rings. The molecule has 3 unspecified atom stereocenters. The van der Waals surface area contributed by atoms with Crippen molar-refractivity contribution in [3.63, 3.8) is 0 Å². The molecule has 1 fully saturated rings. The Kier molecular flexibility index (Phi) is 39.1. The van der Waals surface area contributed by atoms with Crippen molar-refractivity contribution < 1.29 is 24.2 Å². The van der Waals surface area contributed by atoms with Crippen molar-refractivity contribution in [3.8, 4) is 0 Å². The van der Waals surface area contributed by atoms with Gasteiger partial charge in [-0.1, -0.05) is 110 Å². The third-order valence-electron chi connectivity index (χ3n) is 9.59. The number of rotatable bonds is 22. The number of nitrogens with zero attached hydrogens (tertiary/aromatic N) is 1. The lowest BCUT2D eigenvalue weighted by Gasteiger charge is -2.37. The zero-order chi connectivity index (χ0) is 44.1. The topological polar surface area (TPSA) is 198 Å². The van der Waals surface area contributed by atoms with Gasteiger partial charge in [0.25, 0.3) is 0 Å². The Morgan fingerprint density at radius 1 is 1.04 bits per heavy atom. The van der Waals surface area contributed by atoms with Crippen LogP contribution in [0.15, 0.2) is 48.4 Å². The summed E-state index contributed by atoms with van der Waals surface area (Å²) < 4.78 is 6.16. The maximum atomic E-state index is 13.4. The van der Waals surface area contributed by atoms with Gasteiger partial charge < -0.3 is 37.3 Å². The monoisotopic (exact) mass is 821 g/mol. The van der Waals surface area contributed by atoms with E-state index in [1.165, 1.54) is 56.1 Å². The molecule has 57 heavy (non-hydrogen) atoms. The molecule has 0 aromatic heterocycles. The number of aliphatic hydroxyl groups excluding tert-OH is 1. The van der Waals surface area contributed by atoms with Crippen LogP contribution in [-0.4, -0.2) is 79.3 Å². The van der Waals surface area contributed by atoms with Gasteiger partial charge in [-0.25, -0.2) is 0 Å². The zero-order valence-corrected chi connectivity index (χ0v) is 38.1. The summed E-state index contributed by atoms with van der Waals surface area (Å²) in [6.45, 7) is 25.3. The number of nitrogens with two attached hydrogens (primary N) is 3. The van der Waals surface area contributed by atoms with E-state index in [2.05, 4.69) is 100 Å². The SMILES string of the molecule is C=CC(C)(C)CC(/C=C/SC(=N)C(CC(C(C)C)N(CCCCCC)C(=O)CCCC)OCC)Cc1ccc(N)cc1.CC1CCNCC1.CO.NC=O.NC=O. The minimum atomic E-state index is -0.339. The molecule has 0 saturated carbocycles. The van der Waals surface area contributed by atoms with E-state index in [-0.39, 0.29) is 42.2 Å². The quantitative estimate of drug-likeness (QED) is 0.0167. The van der Waals surface area contributed by atoms with Gasteiger partial charge in [-0.15, -0.1) is 6.58 Å². The van der Waals surface area contributed by atoms with Gasteiger partial charge in [-0.05, 0) is 105 Å². The molecule has 1 aliphatic heterocycles. The van der Waals surface area contributed by atoms with Crippen LogP contribution in [0.4, 0.5) is 5.69 Å². The van der Waals surface area contributed by atoms with E-state index in [9.17, 15) is 4.79 Å². The lowest BCUT2D eigenvalue weighted by Crippen LogP contribution is -2.46. The van der Waals surface area contributed by atoms with E-state index in [0.717, 1.165) is 63.8 Å². The molecule has 0 bridgehead atoms. The molecule has 3 amide bonds.